The van der Waals surface area contributed by atoms with Gasteiger partial charge in [0.25, 0.3) is 5.69 Å². The molecule has 0 heterocycles. The van der Waals surface area contributed by atoms with Gasteiger partial charge in [0.15, 0.2) is 0 Å². The van der Waals surface area contributed by atoms with E-state index in [9.17, 15) is 28.6 Å². The molecule has 0 aliphatic heterocycles. The van der Waals surface area contributed by atoms with Gasteiger partial charge in [0.2, 0.25) is 15.6 Å². The Labute approximate surface area is 127 Å². The summed E-state index contributed by atoms with van der Waals surface area (Å²) >= 11 is 0. The Balaban J connectivity index is 0.00000400. The van der Waals surface area contributed by atoms with Crippen LogP contribution >= 0.6 is 12.4 Å². The molecule has 118 valence electrons. The maximum atomic E-state index is 11.6. The number of nitro groups is 2. The molecule has 0 fully saturated rings. The maximum absolute atomic E-state index is 11.6. The van der Waals surface area contributed by atoms with Crippen LogP contribution < -0.4 is 4.72 Å². The minimum atomic E-state index is -3.86. The molecule has 0 saturated carbocycles. The van der Waals surface area contributed by atoms with E-state index >= 15 is 0 Å². The van der Waals surface area contributed by atoms with Gasteiger partial charge in [-0.25, -0.2) is 13.1 Å². The second-order valence-corrected chi connectivity index (χ2v) is 6.35. The number of sulfonamides is 1. The summed E-state index contributed by atoms with van der Waals surface area (Å²) in [6.07, 6.45) is 0. The van der Waals surface area contributed by atoms with E-state index in [0.717, 1.165) is 25.2 Å². The number of hydrogen-bond donors (Lipinski definition) is 1. The molecule has 0 saturated heterocycles. The average molecular weight is 340 g/mol. The number of halogens is 1. The molecule has 11 heteroatoms. The Kier molecular flexibility index (Phi) is 5.79. The van der Waals surface area contributed by atoms with E-state index in [1.54, 1.807) is 0 Å². The van der Waals surface area contributed by atoms with Gasteiger partial charge >= 0.3 is 0 Å². The van der Waals surface area contributed by atoms with Crippen molar-refractivity contribution in [2.75, 3.05) is 7.05 Å². The maximum Gasteiger partial charge on any atom is 0.281 e. The standard InChI is InChI=1S/C10H13N3O6S.ClH/c1-10(2,13(16)17)8-5-4-7(20(18,19)11-3)6-9(8)12(14)15;/h4-6,11H,1-3H3;1H. The zero-order chi connectivity index (χ0) is 15.7. The molecule has 1 N–H and O–H groups in total. The Morgan fingerprint density at radius 1 is 1.19 bits per heavy atom. The second kappa shape index (κ2) is 6.33. The highest BCUT2D eigenvalue weighted by molar-refractivity contribution is 7.89. The molecule has 0 radical (unpaired) electrons. The molecule has 9 nitrogen and oxygen atoms in total. The fourth-order valence-electron chi connectivity index (χ4n) is 1.56. The molecule has 1 aromatic carbocycles. The summed E-state index contributed by atoms with van der Waals surface area (Å²) in [5, 5.41) is 22.0. The first-order valence-corrected chi connectivity index (χ1v) is 6.89. The number of nitrogens with one attached hydrogen (secondary N) is 1. The monoisotopic (exact) mass is 339 g/mol. The third-order valence-corrected chi connectivity index (χ3v) is 4.27. The molecule has 0 aromatic heterocycles. The van der Waals surface area contributed by atoms with Gasteiger partial charge in [-0.2, -0.15) is 0 Å². The lowest BCUT2D eigenvalue weighted by Gasteiger charge is -2.16. The van der Waals surface area contributed by atoms with E-state index in [0.29, 0.717) is 0 Å². The minimum absolute atomic E-state index is 0. The summed E-state index contributed by atoms with van der Waals surface area (Å²) in [5.41, 5.74) is -2.48. The summed E-state index contributed by atoms with van der Waals surface area (Å²) in [6.45, 7) is 2.42. The summed E-state index contributed by atoms with van der Waals surface area (Å²) in [5.74, 6) is 0. The SMILES string of the molecule is CNS(=O)(=O)c1ccc(C(C)(C)[N+](=O)[O-])c([N+](=O)[O-])c1.Cl. The Hall–Kier alpha value is -1.78. The normalized spacial score (nSPS) is 11.6. The topological polar surface area (TPSA) is 132 Å². The van der Waals surface area contributed by atoms with Crippen LogP contribution in [0.15, 0.2) is 23.1 Å². The predicted octanol–water partition coefficient (Wildman–Crippen LogP) is 1.44. The van der Waals surface area contributed by atoms with E-state index in [1.165, 1.54) is 13.8 Å². The van der Waals surface area contributed by atoms with E-state index in [4.69, 9.17) is 0 Å². The van der Waals surface area contributed by atoms with Crippen molar-refractivity contribution in [3.8, 4) is 0 Å². The van der Waals surface area contributed by atoms with Crippen molar-refractivity contribution in [2.45, 2.75) is 24.3 Å². The van der Waals surface area contributed by atoms with Crippen molar-refractivity contribution in [1.82, 2.24) is 4.72 Å². The number of rotatable bonds is 5. The largest absolute Gasteiger partial charge is 0.281 e. The summed E-state index contributed by atoms with van der Waals surface area (Å²) in [7, 11) is -2.70. The lowest BCUT2D eigenvalue weighted by molar-refractivity contribution is -0.570. The van der Waals surface area contributed by atoms with Gasteiger partial charge in [-0.05, 0) is 19.2 Å². The molecule has 0 aliphatic rings. The molecule has 0 bridgehead atoms. The first-order valence-electron chi connectivity index (χ1n) is 5.41. The van der Waals surface area contributed by atoms with Crippen molar-refractivity contribution in [1.29, 1.82) is 0 Å². The van der Waals surface area contributed by atoms with Crippen molar-refractivity contribution >= 4 is 28.1 Å². The molecule has 0 amide bonds. The van der Waals surface area contributed by atoms with E-state index in [2.05, 4.69) is 0 Å². The summed E-state index contributed by atoms with van der Waals surface area (Å²) < 4.78 is 25.2. The van der Waals surface area contributed by atoms with Crippen molar-refractivity contribution in [3.63, 3.8) is 0 Å². The molecule has 1 aromatic rings. The van der Waals surface area contributed by atoms with Crippen LogP contribution in [-0.4, -0.2) is 25.3 Å². The molecular formula is C10H14ClN3O6S. The van der Waals surface area contributed by atoms with Crippen LogP contribution in [0.4, 0.5) is 5.69 Å². The molecule has 0 atom stereocenters. The van der Waals surface area contributed by atoms with Crippen LogP contribution in [0.1, 0.15) is 19.4 Å². The highest BCUT2D eigenvalue weighted by Crippen LogP contribution is 2.33. The van der Waals surface area contributed by atoms with E-state index < -0.39 is 31.1 Å². The first-order chi connectivity index (χ1) is 9.04. The van der Waals surface area contributed by atoms with E-state index in [-0.39, 0.29) is 22.9 Å². The first kappa shape index (κ1) is 19.2. The van der Waals surface area contributed by atoms with Crippen molar-refractivity contribution in [3.05, 3.63) is 44.0 Å². The number of nitro benzene ring substituents is 1. The smallest absolute Gasteiger partial charge is 0.264 e. The van der Waals surface area contributed by atoms with Crippen LogP contribution in [0.5, 0.6) is 0 Å². The number of nitrogens with zero attached hydrogens (tertiary/aromatic N) is 2. The fourth-order valence-corrected chi connectivity index (χ4v) is 2.31. The average Bonchev–Trinajstić information content (AvgIpc) is 2.37. The van der Waals surface area contributed by atoms with Crippen molar-refractivity contribution in [2.24, 2.45) is 0 Å². The molecule has 1 rings (SSSR count). The highest BCUT2D eigenvalue weighted by Gasteiger charge is 2.40. The number of hydrogen-bond acceptors (Lipinski definition) is 6. The Morgan fingerprint density at radius 3 is 2.10 bits per heavy atom. The fraction of sp³-hybridized carbons (Fsp3) is 0.400. The third-order valence-electron chi connectivity index (χ3n) is 2.86. The minimum Gasteiger partial charge on any atom is -0.264 e. The van der Waals surface area contributed by atoms with Gasteiger partial charge in [-0.3, -0.25) is 20.2 Å². The van der Waals surface area contributed by atoms with Gasteiger partial charge in [0, 0.05) is 24.8 Å². The zero-order valence-corrected chi connectivity index (χ0v) is 13.0. The van der Waals surface area contributed by atoms with Gasteiger partial charge in [-0.15, -0.1) is 12.4 Å². The van der Waals surface area contributed by atoms with Crippen LogP contribution in [0.3, 0.4) is 0 Å². The third kappa shape index (κ3) is 3.65. The summed E-state index contributed by atoms with van der Waals surface area (Å²) in [4.78, 5) is 20.2. The Bertz CT molecular complexity index is 673. The van der Waals surface area contributed by atoms with Gasteiger partial charge in [0.1, 0.15) is 5.56 Å². The number of benzene rings is 1. The molecular weight excluding hydrogens is 326 g/mol. The van der Waals surface area contributed by atoms with Crippen LogP contribution in [0.2, 0.25) is 0 Å². The van der Waals surface area contributed by atoms with Gasteiger partial charge < -0.3 is 0 Å². The molecule has 0 unspecified atom stereocenters. The molecule has 0 aliphatic carbocycles. The lowest BCUT2D eigenvalue weighted by Crippen LogP contribution is -2.29. The van der Waals surface area contributed by atoms with Gasteiger partial charge in [0.05, 0.1) is 9.82 Å². The quantitative estimate of drug-likeness (QED) is 0.637. The molecule has 21 heavy (non-hydrogen) atoms. The van der Waals surface area contributed by atoms with Crippen molar-refractivity contribution < 1.29 is 18.3 Å². The van der Waals surface area contributed by atoms with Crippen LogP contribution in [0, 0.1) is 20.2 Å². The highest BCUT2D eigenvalue weighted by atomic mass is 35.5. The zero-order valence-electron chi connectivity index (χ0n) is 11.4. The second-order valence-electron chi connectivity index (χ2n) is 4.46. The van der Waals surface area contributed by atoms with E-state index in [1.807, 2.05) is 4.72 Å². The van der Waals surface area contributed by atoms with Crippen LogP contribution in [-0.2, 0) is 15.6 Å². The lowest BCUT2D eigenvalue weighted by atomic mass is 9.93. The van der Waals surface area contributed by atoms with Crippen LogP contribution in [0.25, 0.3) is 0 Å². The predicted molar refractivity (Wildman–Crippen MR) is 76.6 cm³/mol. The van der Waals surface area contributed by atoms with Gasteiger partial charge in [-0.1, -0.05) is 0 Å². The molecule has 0 spiro atoms. The Morgan fingerprint density at radius 2 is 1.71 bits per heavy atom. The summed E-state index contributed by atoms with van der Waals surface area (Å²) in [6, 6.07) is 3.00.